The third kappa shape index (κ3) is 2.85. The van der Waals surface area contributed by atoms with Gasteiger partial charge in [0, 0.05) is 0 Å². The van der Waals surface area contributed by atoms with Crippen LogP contribution in [0.3, 0.4) is 0 Å². The van der Waals surface area contributed by atoms with Gasteiger partial charge in [-0.1, -0.05) is 30.3 Å². The molecule has 0 saturated carbocycles. The van der Waals surface area contributed by atoms with Gasteiger partial charge in [0.2, 0.25) is 5.91 Å². The average molecular weight is 257 g/mol. The van der Waals surface area contributed by atoms with Gasteiger partial charge in [0.05, 0.1) is 22.6 Å². The van der Waals surface area contributed by atoms with Crippen LogP contribution in [0.1, 0.15) is 5.56 Å². The van der Waals surface area contributed by atoms with Gasteiger partial charge in [0.25, 0.3) is 0 Å². The number of hydrogen-bond donors (Lipinski definition) is 1. The van der Waals surface area contributed by atoms with E-state index in [1.165, 1.54) is 0 Å². The number of nitrogens with zero attached hydrogens (tertiary/aromatic N) is 1. The Morgan fingerprint density at radius 1 is 1.29 bits per heavy atom. The molecule has 0 heterocycles. The molecule has 1 aromatic rings. The summed E-state index contributed by atoms with van der Waals surface area (Å²) in [6, 6.07) is 8.30. The van der Waals surface area contributed by atoms with E-state index in [9.17, 15) is 9.59 Å². The molecular formula is C9H9BrN2O2. The Morgan fingerprint density at radius 2 is 1.86 bits per heavy atom. The lowest BCUT2D eigenvalue weighted by Crippen LogP contribution is -2.33. The van der Waals surface area contributed by atoms with Crippen molar-refractivity contribution in [2.75, 3.05) is 0 Å². The summed E-state index contributed by atoms with van der Waals surface area (Å²) in [5.74, 6) is -0.385. The summed E-state index contributed by atoms with van der Waals surface area (Å²) in [4.78, 5) is 21.9. The second-order valence-corrected chi connectivity index (χ2v) is 3.38. The molecule has 0 spiro atoms. The number of amides is 3. The topological polar surface area (TPSA) is 63.4 Å². The maximum absolute atomic E-state index is 11.3. The Morgan fingerprint density at radius 3 is 2.36 bits per heavy atom. The van der Waals surface area contributed by atoms with E-state index in [4.69, 9.17) is 5.73 Å². The van der Waals surface area contributed by atoms with E-state index in [-0.39, 0.29) is 12.3 Å². The first kappa shape index (κ1) is 10.7. The van der Waals surface area contributed by atoms with Crippen molar-refractivity contribution in [1.29, 1.82) is 0 Å². The molecule has 0 fully saturated rings. The minimum Gasteiger partial charge on any atom is -0.350 e. The number of benzene rings is 1. The first-order valence-corrected chi connectivity index (χ1v) is 4.64. The molecule has 1 aromatic carbocycles. The first-order chi connectivity index (χ1) is 6.61. The summed E-state index contributed by atoms with van der Waals surface area (Å²) < 4.78 is 0.722. The highest BCUT2D eigenvalue weighted by atomic mass is 79.9. The van der Waals surface area contributed by atoms with Crippen molar-refractivity contribution in [1.82, 2.24) is 3.93 Å². The first-order valence-electron chi connectivity index (χ1n) is 3.93. The Bertz CT molecular complexity index is 340. The van der Waals surface area contributed by atoms with Crippen molar-refractivity contribution in [2.24, 2.45) is 5.73 Å². The van der Waals surface area contributed by atoms with Crippen LogP contribution in [0.5, 0.6) is 0 Å². The fraction of sp³-hybridized carbons (Fsp3) is 0.111. The lowest BCUT2D eigenvalue weighted by molar-refractivity contribution is -0.123. The molecule has 0 radical (unpaired) electrons. The molecular weight excluding hydrogens is 248 g/mol. The molecule has 5 heteroatoms. The Labute approximate surface area is 90.0 Å². The van der Waals surface area contributed by atoms with Gasteiger partial charge in [-0.3, -0.25) is 4.79 Å². The number of nitrogens with two attached hydrogens (primary N) is 1. The van der Waals surface area contributed by atoms with E-state index < -0.39 is 6.03 Å². The summed E-state index contributed by atoms with van der Waals surface area (Å²) in [5.41, 5.74) is 5.75. The van der Waals surface area contributed by atoms with Crippen molar-refractivity contribution >= 4 is 28.1 Å². The van der Waals surface area contributed by atoms with Gasteiger partial charge in [-0.05, 0) is 5.56 Å². The molecule has 0 unspecified atom stereocenters. The molecule has 0 bridgehead atoms. The summed E-state index contributed by atoms with van der Waals surface area (Å²) in [5, 5.41) is 0. The van der Waals surface area contributed by atoms with Crippen molar-refractivity contribution in [2.45, 2.75) is 6.42 Å². The van der Waals surface area contributed by atoms with E-state index in [1.807, 2.05) is 18.2 Å². The fourth-order valence-corrected chi connectivity index (χ4v) is 1.09. The van der Waals surface area contributed by atoms with Gasteiger partial charge in [0.1, 0.15) is 0 Å². The normalized spacial score (nSPS) is 9.50. The molecule has 0 aliphatic carbocycles. The van der Waals surface area contributed by atoms with Crippen molar-refractivity contribution in [3.05, 3.63) is 35.9 Å². The van der Waals surface area contributed by atoms with Crippen molar-refractivity contribution in [3.8, 4) is 0 Å². The largest absolute Gasteiger partial charge is 0.350 e. The Balaban J connectivity index is 2.62. The minimum absolute atomic E-state index is 0.148. The van der Waals surface area contributed by atoms with E-state index in [2.05, 4.69) is 16.1 Å². The van der Waals surface area contributed by atoms with Crippen LogP contribution in [0.25, 0.3) is 0 Å². The smallest absolute Gasteiger partial charge is 0.331 e. The number of hydrogen-bond acceptors (Lipinski definition) is 2. The van der Waals surface area contributed by atoms with Crippen LogP contribution in [0.2, 0.25) is 0 Å². The molecule has 3 amide bonds. The van der Waals surface area contributed by atoms with Gasteiger partial charge < -0.3 is 5.73 Å². The molecule has 2 N–H and O–H groups in total. The summed E-state index contributed by atoms with van der Waals surface area (Å²) in [7, 11) is 0. The van der Waals surface area contributed by atoms with Crippen LogP contribution >= 0.6 is 16.1 Å². The summed E-state index contributed by atoms with van der Waals surface area (Å²) in [6.07, 6.45) is 0.148. The predicted octanol–water partition coefficient (Wildman–Crippen LogP) is 1.45. The van der Waals surface area contributed by atoms with E-state index in [1.54, 1.807) is 12.1 Å². The van der Waals surface area contributed by atoms with Gasteiger partial charge in [0.15, 0.2) is 0 Å². The summed E-state index contributed by atoms with van der Waals surface area (Å²) in [6.45, 7) is 0. The number of urea groups is 1. The highest BCUT2D eigenvalue weighted by Crippen LogP contribution is 2.05. The maximum atomic E-state index is 11.3. The molecule has 74 valence electrons. The molecule has 1 rings (SSSR count). The number of carbonyl (C=O) groups excluding carboxylic acids is 2. The maximum Gasteiger partial charge on any atom is 0.331 e. The van der Waals surface area contributed by atoms with Gasteiger partial charge in [-0.25, -0.2) is 4.79 Å². The zero-order valence-corrected chi connectivity index (χ0v) is 8.90. The van der Waals surface area contributed by atoms with Gasteiger partial charge in [-0.2, -0.15) is 3.93 Å². The number of primary amides is 1. The molecule has 0 aliphatic rings. The average Bonchev–Trinajstić information content (AvgIpc) is 2.18. The molecule has 0 aliphatic heterocycles. The zero-order chi connectivity index (χ0) is 10.6. The third-order valence-corrected chi connectivity index (χ3v) is 2.36. The minimum atomic E-state index is -0.814. The van der Waals surface area contributed by atoms with Crippen molar-refractivity contribution < 1.29 is 9.59 Å². The third-order valence-electron chi connectivity index (χ3n) is 1.61. The Kier molecular flexibility index (Phi) is 3.64. The second kappa shape index (κ2) is 4.76. The number of rotatable bonds is 2. The van der Waals surface area contributed by atoms with Crippen LogP contribution in [0.15, 0.2) is 30.3 Å². The molecule has 0 aromatic heterocycles. The molecule has 0 atom stereocenters. The van der Waals surface area contributed by atoms with Gasteiger partial charge >= 0.3 is 6.03 Å². The van der Waals surface area contributed by atoms with Crippen LogP contribution in [-0.4, -0.2) is 15.9 Å². The van der Waals surface area contributed by atoms with Crippen LogP contribution in [-0.2, 0) is 11.2 Å². The van der Waals surface area contributed by atoms with E-state index in [0.29, 0.717) is 0 Å². The van der Waals surface area contributed by atoms with Gasteiger partial charge in [-0.15, -0.1) is 0 Å². The molecule has 4 nitrogen and oxygen atoms in total. The zero-order valence-electron chi connectivity index (χ0n) is 7.31. The van der Waals surface area contributed by atoms with Crippen LogP contribution in [0.4, 0.5) is 4.79 Å². The van der Waals surface area contributed by atoms with Crippen LogP contribution in [0, 0.1) is 0 Å². The number of halogens is 1. The lowest BCUT2D eigenvalue weighted by atomic mass is 10.1. The van der Waals surface area contributed by atoms with Crippen LogP contribution < -0.4 is 5.73 Å². The second-order valence-electron chi connectivity index (χ2n) is 2.68. The SMILES string of the molecule is NC(=O)N(Br)C(=O)Cc1ccccc1. The molecule has 0 saturated heterocycles. The fourth-order valence-electron chi connectivity index (χ4n) is 0.963. The number of carbonyl (C=O) groups is 2. The van der Waals surface area contributed by atoms with E-state index >= 15 is 0 Å². The highest BCUT2D eigenvalue weighted by molar-refractivity contribution is 9.08. The predicted molar refractivity (Wildman–Crippen MR) is 55.5 cm³/mol. The monoisotopic (exact) mass is 256 g/mol. The number of imide groups is 1. The highest BCUT2D eigenvalue weighted by Gasteiger charge is 2.15. The van der Waals surface area contributed by atoms with E-state index in [0.717, 1.165) is 9.49 Å². The van der Waals surface area contributed by atoms with Crippen molar-refractivity contribution in [3.63, 3.8) is 0 Å². The Hall–Kier alpha value is -1.36. The summed E-state index contributed by atoms with van der Waals surface area (Å²) >= 11 is 2.77. The quantitative estimate of drug-likeness (QED) is 0.815. The standard InChI is InChI=1S/C9H9BrN2O2/c10-12(9(11)14)8(13)6-7-4-2-1-3-5-7/h1-5H,6H2,(H2,11,14). The molecule has 14 heavy (non-hydrogen) atoms. The lowest BCUT2D eigenvalue weighted by Gasteiger charge is -2.08.